The van der Waals surface area contributed by atoms with Crippen molar-refractivity contribution >= 4 is 17.3 Å². The molecule has 0 aliphatic rings. The van der Waals surface area contributed by atoms with E-state index in [2.05, 4.69) is 0 Å². The van der Waals surface area contributed by atoms with Crippen LogP contribution in [0.3, 0.4) is 0 Å². The monoisotopic (exact) mass is 288 g/mol. The summed E-state index contributed by atoms with van der Waals surface area (Å²) in [5, 5.41) is 9.52. The molecule has 0 bridgehead atoms. The van der Waals surface area contributed by atoms with E-state index in [9.17, 15) is 0 Å². The summed E-state index contributed by atoms with van der Waals surface area (Å²) in [6, 6.07) is 12.5. The van der Waals surface area contributed by atoms with Gasteiger partial charge in [-0.25, -0.2) is 0 Å². The number of benzene rings is 2. The lowest BCUT2D eigenvalue weighted by Crippen LogP contribution is -2.02. The lowest BCUT2D eigenvalue weighted by atomic mass is 10.2. The lowest BCUT2D eigenvalue weighted by Gasteiger charge is -2.14. The number of ether oxygens (including phenoxy) is 2. The molecular weight excluding hydrogens is 276 g/mol. The molecule has 0 spiro atoms. The van der Waals surface area contributed by atoms with Crippen molar-refractivity contribution < 1.29 is 9.47 Å². The van der Waals surface area contributed by atoms with E-state index in [0.29, 0.717) is 27.8 Å². The number of hydrogen-bond acceptors (Lipinski definition) is 4. The highest BCUT2D eigenvalue weighted by Crippen LogP contribution is 2.35. The maximum atomic E-state index is 8.90. The number of methoxy groups -OCH3 is 1. The smallest absolute Gasteiger partial charge is 0.184 e. The predicted octanol–water partition coefficient (Wildman–Crippen LogP) is 3.38. The van der Waals surface area contributed by atoms with E-state index in [-0.39, 0.29) is 6.61 Å². The molecule has 4 nitrogen and oxygen atoms in total. The Labute approximate surface area is 122 Å². The highest BCUT2D eigenvalue weighted by atomic mass is 35.5. The van der Waals surface area contributed by atoms with Gasteiger partial charge in [-0.2, -0.15) is 5.26 Å². The van der Waals surface area contributed by atoms with E-state index in [0.717, 1.165) is 5.56 Å². The maximum absolute atomic E-state index is 8.90. The summed E-state index contributed by atoms with van der Waals surface area (Å²) in [5.41, 5.74) is 7.51. The number of nitrogen functional groups attached to an aromatic ring is 1. The molecule has 0 saturated carbocycles. The summed E-state index contributed by atoms with van der Waals surface area (Å²) in [5.74, 6) is 0.833. The summed E-state index contributed by atoms with van der Waals surface area (Å²) in [7, 11) is 1.50. The van der Waals surface area contributed by atoms with Crippen LogP contribution in [0.4, 0.5) is 5.69 Å². The molecule has 0 amide bonds. The highest BCUT2D eigenvalue weighted by Gasteiger charge is 2.12. The Kier molecular flexibility index (Phi) is 4.34. The van der Waals surface area contributed by atoms with Gasteiger partial charge in [-0.05, 0) is 12.1 Å². The molecule has 0 atom stereocenters. The van der Waals surface area contributed by atoms with E-state index >= 15 is 0 Å². The van der Waals surface area contributed by atoms with Crippen molar-refractivity contribution in [1.82, 2.24) is 0 Å². The molecule has 2 aromatic rings. The zero-order valence-corrected chi connectivity index (χ0v) is 11.6. The van der Waals surface area contributed by atoms with Gasteiger partial charge in [0.2, 0.25) is 0 Å². The molecule has 0 unspecified atom stereocenters. The standard InChI is InChI=1S/C15H13ClN2O2/c1-19-14-7-10(8-17)6-13(18)15(14)20-9-11-4-2-3-5-12(11)16/h2-7H,9,18H2,1H3. The summed E-state index contributed by atoms with van der Waals surface area (Å²) >= 11 is 6.07. The molecule has 0 aliphatic heterocycles. The third kappa shape index (κ3) is 2.95. The number of nitrogens with two attached hydrogens (primary N) is 1. The molecule has 20 heavy (non-hydrogen) atoms. The zero-order valence-electron chi connectivity index (χ0n) is 10.9. The maximum Gasteiger partial charge on any atom is 0.184 e. The topological polar surface area (TPSA) is 68.3 Å². The summed E-state index contributed by atoms with van der Waals surface area (Å²) in [6.45, 7) is 0.270. The molecule has 0 radical (unpaired) electrons. The Morgan fingerprint density at radius 3 is 2.70 bits per heavy atom. The van der Waals surface area contributed by atoms with Crippen LogP contribution >= 0.6 is 11.6 Å². The zero-order chi connectivity index (χ0) is 14.5. The minimum atomic E-state index is 0.270. The van der Waals surface area contributed by atoms with Crippen LogP contribution in [0.25, 0.3) is 0 Å². The third-order valence-electron chi connectivity index (χ3n) is 2.76. The van der Waals surface area contributed by atoms with Gasteiger partial charge in [0.25, 0.3) is 0 Å². The van der Waals surface area contributed by atoms with E-state index in [1.807, 2.05) is 24.3 Å². The fraction of sp³-hybridized carbons (Fsp3) is 0.133. The molecule has 0 saturated heterocycles. The van der Waals surface area contributed by atoms with Crippen molar-refractivity contribution in [2.24, 2.45) is 0 Å². The molecule has 0 aromatic heterocycles. The quantitative estimate of drug-likeness (QED) is 0.876. The minimum absolute atomic E-state index is 0.270. The SMILES string of the molecule is COc1cc(C#N)cc(N)c1OCc1ccccc1Cl. The van der Waals surface area contributed by atoms with Crippen LogP contribution < -0.4 is 15.2 Å². The molecule has 102 valence electrons. The first-order valence-corrected chi connectivity index (χ1v) is 6.27. The molecule has 0 aliphatic carbocycles. The van der Waals surface area contributed by atoms with Gasteiger partial charge in [-0.3, -0.25) is 0 Å². The molecule has 5 heteroatoms. The molecular formula is C15H13ClN2O2. The van der Waals surface area contributed by atoms with Crippen molar-refractivity contribution in [3.63, 3.8) is 0 Å². The number of hydrogen-bond donors (Lipinski definition) is 1. The third-order valence-corrected chi connectivity index (χ3v) is 3.13. The van der Waals surface area contributed by atoms with E-state index in [1.54, 1.807) is 18.2 Å². The van der Waals surface area contributed by atoms with Gasteiger partial charge >= 0.3 is 0 Å². The molecule has 0 fully saturated rings. The van der Waals surface area contributed by atoms with Crippen molar-refractivity contribution in [2.75, 3.05) is 12.8 Å². The molecule has 2 N–H and O–H groups in total. The number of anilines is 1. The van der Waals surface area contributed by atoms with Gasteiger partial charge in [0.05, 0.1) is 24.4 Å². The van der Waals surface area contributed by atoms with Gasteiger partial charge in [0.15, 0.2) is 11.5 Å². The van der Waals surface area contributed by atoms with Crippen molar-refractivity contribution in [1.29, 1.82) is 5.26 Å². The van der Waals surface area contributed by atoms with Crippen molar-refractivity contribution in [2.45, 2.75) is 6.61 Å². The van der Waals surface area contributed by atoms with Crippen LogP contribution in [-0.4, -0.2) is 7.11 Å². The fourth-order valence-electron chi connectivity index (χ4n) is 1.76. The van der Waals surface area contributed by atoms with Crippen LogP contribution in [0.2, 0.25) is 5.02 Å². The number of rotatable bonds is 4. The van der Waals surface area contributed by atoms with Crippen LogP contribution in [0.1, 0.15) is 11.1 Å². The van der Waals surface area contributed by atoms with Crippen molar-refractivity contribution in [3.8, 4) is 17.6 Å². The minimum Gasteiger partial charge on any atom is -0.493 e. The van der Waals surface area contributed by atoms with Gasteiger partial charge in [0.1, 0.15) is 6.61 Å². The van der Waals surface area contributed by atoms with Crippen LogP contribution in [-0.2, 0) is 6.61 Å². The first-order chi connectivity index (χ1) is 9.65. The molecule has 2 rings (SSSR count). The Bertz CT molecular complexity index is 665. The average Bonchev–Trinajstić information content (AvgIpc) is 2.46. The largest absolute Gasteiger partial charge is 0.493 e. The van der Waals surface area contributed by atoms with Crippen LogP contribution in [0.15, 0.2) is 36.4 Å². The first kappa shape index (κ1) is 14.0. The summed E-state index contributed by atoms with van der Waals surface area (Å²) in [4.78, 5) is 0. The molecule has 2 aromatic carbocycles. The van der Waals surface area contributed by atoms with Crippen molar-refractivity contribution in [3.05, 3.63) is 52.5 Å². The fourth-order valence-corrected chi connectivity index (χ4v) is 1.95. The van der Waals surface area contributed by atoms with Gasteiger partial charge in [-0.1, -0.05) is 29.8 Å². The lowest BCUT2D eigenvalue weighted by molar-refractivity contribution is 0.286. The molecule has 0 heterocycles. The second kappa shape index (κ2) is 6.18. The van der Waals surface area contributed by atoms with E-state index in [4.69, 9.17) is 32.1 Å². The van der Waals surface area contributed by atoms with E-state index < -0.39 is 0 Å². The van der Waals surface area contributed by atoms with Gasteiger partial charge in [0, 0.05) is 16.7 Å². The summed E-state index contributed by atoms with van der Waals surface area (Å²) in [6.07, 6.45) is 0. The average molecular weight is 289 g/mol. The normalized spacial score (nSPS) is 9.85. The highest BCUT2D eigenvalue weighted by molar-refractivity contribution is 6.31. The van der Waals surface area contributed by atoms with Gasteiger partial charge in [-0.15, -0.1) is 0 Å². The number of nitriles is 1. The number of halogens is 1. The second-order valence-electron chi connectivity index (χ2n) is 4.09. The Morgan fingerprint density at radius 2 is 2.05 bits per heavy atom. The Hall–Kier alpha value is -2.38. The number of nitrogens with zero attached hydrogens (tertiary/aromatic N) is 1. The first-order valence-electron chi connectivity index (χ1n) is 5.89. The van der Waals surface area contributed by atoms with Crippen LogP contribution in [0, 0.1) is 11.3 Å². The Morgan fingerprint density at radius 1 is 1.30 bits per heavy atom. The predicted molar refractivity (Wildman–Crippen MR) is 77.9 cm³/mol. The Balaban J connectivity index is 2.26. The van der Waals surface area contributed by atoms with Crippen LogP contribution in [0.5, 0.6) is 11.5 Å². The van der Waals surface area contributed by atoms with E-state index in [1.165, 1.54) is 7.11 Å². The summed E-state index contributed by atoms with van der Waals surface area (Å²) < 4.78 is 10.9. The van der Waals surface area contributed by atoms with Gasteiger partial charge < -0.3 is 15.2 Å². The second-order valence-corrected chi connectivity index (χ2v) is 4.50.